The summed E-state index contributed by atoms with van der Waals surface area (Å²) in [5, 5.41) is 12.5. The van der Waals surface area contributed by atoms with Crippen LogP contribution in [0.1, 0.15) is 66.3 Å². The Morgan fingerprint density at radius 3 is 2.73 bits per heavy atom. The van der Waals surface area contributed by atoms with Gasteiger partial charge in [-0.15, -0.1) is 0 Å². The molecule has 260 valence electrons. The summed E-state index contributed by atoms with van der Waals surface area (Å²) in [5.41, 5.74) is 9.01. The van der Waals surface area contributed by atoms with Crippen molar-refractivity contribution in [3.63, 3.8) is 0 Å². The molecule has 13 heteroatoms. The monoisotopic (exact) mass is 705 g/mol. The maximum atomic E-state index is 14.3. The van der Waals surface area contributed by atoms with Crippen molar-refractivity contribution in [3.8, 4) is 11.3 Å². The molecule has 1 aliphatic heterocycles. The van der Waals surface area contributed by atoms with Gasteiger partial charge in [0.2, 0.25) is 0 Å². The van der Waals surface area contributed by atoms with Crippen LogP contribution in [0.3, 0.4) is 0 Å². The lowest BCUT2D eigenvalue weighted by atomic mass is 10.0. The van der Waals surface area contributed by atoms with Crippen LogP contribution in [0.15, 0.2) is 48.7 Å². The van der Waals surface area contributed by atoms with Gasteiger partial charge in [0.25, 0.3) is 11.1 Å². The topological polar surface area (TPSA) is 131 Å². The van der Waals surface area contributed by atoms with Crippen molar-refractivity contribution < 1.29 is 18.7 Å². The predicted octanol–water partition coefficient (Wildman–Crippen LogP) is 6.00. The Hall–Kier alpha value is -3.80. The van der Waals surface area contributed by atoms with Gasteiger partial charge in [0, 0.05) is 49.3 Å². The Bertz CT molecular complexity index is 1860. The maximum Gasteiger partial charge on any atom is 0.274 e. The van der Waals surface area contributed by atoms with E-state index in [0.29, 0.717) is 36.0 Å². The van der Waals surface area contributed by atoms with E-state index in [2.05, 4.69) is 32.1 Å². The first-order valence-electron chi connectivity index (χ1n) is 16.2. The Morgan fingerprint density at radius 1 is 1.22 bits per heavy atom. The molecule has 3 N–H and O–H groups in total. The number of fused-ring (bicyclic) bond motifs is 1. The highest BCUT2D eigenvalue weighted by Crippen LogP contribution is 2.32. The number of amides is 1. The molecule has 0 saturated carbocycles. The molecule has 49 heavy (non-hydrogen) atoms. The fourth-order valence-corrected chi connectivity index (χ4v) is 6.54. The van der Waals surface area contributed by atoms with Crippen LogP contribution in [0.5, 0.6) is 5.19 Å². The largest absolute Gasteiger partial charge is 0.465 e. The first kappa shape index (κ1) is 36.5. The van der Waals surface area contributed by atoms with Gasteiger partial charge in [-0.3, -0.25) is 9.69 Å². The van der Waals surface area contributed by atoms with Gasteiger partial charge in [0.15, 0.2) is 0 Å². The van der Waals surface area contributed by atoms with Crippen molar-refractivity contribution in [3.05, 3.63) is 81.9 Å². The lowest BCUT2D eigenvalue weighted by Gasteiger charge is -2.32. The predicted molar refractivity (Wildman–Crippen MR) is 194 cm³/mol. The van der Waals surface area contributed by atoms with E-state index in [1.54, 1.807) is 30.1 Å². The summed E-state index contributed by atoms with van der Waals surface area (Å²) in [5.74, 6) is 1.27. The number of thioether (sulfide) groups is 1. The van der Waals surface area contributed by atoms with Gasteiger partial charge in [0.1, 0.15) is 18.2 Å². The molecule has 0 spiro atoms. The van der Waals surface area contributed by atoms with Crippen LogP contribution >= 0.6 is 23.1 Å². The molecule has 2 aromatic heterocycles. The molecule has 1 aliphatic rings. The molecule has 0 unspecified atom stereocenters. The van der Waals surface area contributed by atoms with E-state index in [4.69, 9.17) is 25.5 Å². The van der Waals surface area contributed by atoms with E-state index in [-0.39, 0.29) is 18.1 Å². The number of hydrogen-bond donors (Lipinski definition) is 2. The first-order chi connectivity index (χ1) is 23.4. The van der Waals surface area contributed by atoms with Crippen molar-refractivity contribution in [1.29, 1.82) is 5.26 Å². The number of ether oxygens (including phenoxy) is 2. The molecule has 0 atom stereocenters. The number of carbonyl (C=O) groups excluding carboxylic acids is 1. The maximum absolute atomic E-state index is 14.3. The quantitative estimate of drug-likeness (QED) is 0.153. The third kappa shape index (κ3) is 9.46. The minimum atomic E-state index is -0.581. The van der Waals surface area contributed by atoms with Crippen LogP contribution in [0.25, 0.3) is 16.6 Å². The summed E-state index contributed by atoms with van der Waals surface area (Å²) < 4.78 is 28.2. The van der Waals surface area contributed by atoms with Crippen molar-refractivity contribution >= 4 is 45.6 Å². The summed E-state index contributed by atoms with van der Waals surface area (Å²) in [6.45, 7) is 11.6. The molecule has 10 nitrogen and oxygen atoms in total. The number of aryl methyl sites for hydroxylation is 1. The van der Waals surface area contributed by atoms with E-state index in [0.717, 1.165) is 53.5 Å². The zero-order valence-electron chi connectivity index (χ0n) is 28.7. The fourth-order valence-electron chi connectivity index (χ4n) is 5.34. The zero-order valence-corrected chi connectivity index (χ0v) is 30.3. The van der Waals surface area contributed by atoms with Crippen molar-refractivity contribution in [2.24, 2.45) is 5.73 Å². The normalized spacial score (nSPS) is 14.1. The average molecular weight is 706 g/mol. The van der Waals surface area contributed by atoms with Crippen LogP contribution in [0.4, 0.5) is 4.39 Å². The molecule has 0 aliphatic carbocycles. The highest BCUT2D eigenvalue weighted by Gasteiger charge is 2.27. The lowest BCUT2D eigenvalue weighted by molar-refractivity contribution is -0.0350. The summed E-state index contributed by atoms with van der Waals surface area (Å²) in [6, 6.07) is 12.0. The summed E-state index contributed by atoms with van der Waals surface area (Å²) in [7, 11) is 0. The second-order valence-corrected chi connectivity index (χ2v) is 15.4. The van der Waals surface area contributed by atoms with Gasteiger partial charge in [-0.25, -0.2) is 14.4 Å². The Kier molecular flexibility index (Phi) is 11.8. The first-order valence-corrected chi connectivity index (χ1v) is 18.4. The van der Waals surface area contributed by atoms with E-state index >= 15 is 0 Å². The van der Waals surface area contributed by atoms with Crippen LogP contribution in [-0.2, 0) is 24.4 Å². The minimum Gasteiger partial charge on any atom is -0.465 e. The molecule has 5 rings (SSSR count). The molecule has 0 saturated heterocycles. The number of nitrogens with zero attached hydrogens (tertiary/aromatic N) is 5. The van der Waals surface area contributed by atoms with Crippen LogP contribution in [0.2, 0.25) is 0 Å². The standard InChI is InChI=1S/C36H44FN7O3S2/c1-35(2,23-47-36(3,4)22-39)42-33(45)26-8-9-29-30(17-26)44(14-15-48-5)32(41-29)20-43-12-10-25(11-13-43)31-19-40-34(49-31)46-21-27-7-6-24(18-38)16-28(27)37/h6-10,16-17,19H,11-15,20-23,39H2,1-5H3,(H,42,45). The third-order valence-corrected chi connectivity index (χ3v) is 9.94. The van der Waals surface area contributed by atoms with Crippen LogP contribution < -0.4 is 15.8 Å². The minimum absolute atomic E-state index is 0.0433. The number of aromatic nitrogens is 3. The SMILES string of the molecule is CSCCn1c(CN2CC=C(c3cnc(OCc4ccc(C#N)cc4F)s3)CC2)nc2ccc(C(=O)NC(C)(C)COC(C)(C)CN)cc21. The Labute approximate surface area is 295 Å². The molecule has 2 aromatic carbocycles. The summed E-state index contributed by atoms with van der Waals surface area (Å²) in [6.07, 6.45) is 6.97. The van der Waals surface area contributed by atoms with E-state index in [1.165, 1.54) is 23.0 Å². The van der Waals surface area contributed by atoms with E-state index in [1.807, 2.05) is 52.0 Å². The zero-order chi connectivity index (χ0) is 35.2. The third-order valence-electron chi connectivity index (χ3n) is 8.37. The van der Waals surface area contributed by atoms with Gasteiger partial charge >= 0.3 is 0 Å². The molecule has 3 heterocycles. The molecule has 4 aromatic rings. The molecule has 0 fully saturated rings. The molecule has 0 bridgehead atoms. The number of hydrogen-bond acceptors (Lipinski definition) is 10. The smallest absolute Gasteiger partial charge is 0.274 e. The number of nitrogens with one attached hydrogen (secondary N) is 1. The van der Waals surface area contributed by atoms with Crippen molar-refractivity contribution in [2.45, 2.75) is 65.0 Å². The summed E-state index contributed by atoms with van der Waals surface area (Å²) in [4.78, 5) is 26.2. The molecular weight excluding hydrogens is 662 g/mol. The van der Waals surface area contributed by atoms with Gasteiger partial charge in [0.05, 0.1) is 51.8 Å². The highest BCUT2D eigenvalue weighted by atomic mass is 32.2. The number of imidazole rings is 1. The number of carbonyl (C=O) groups is 1. The number of rotatable bonds is 15. The van der Waals surface area contributed by atoms with Crippen molar-refractivity contribution in [2.75, 3.05) is 38.2 Å². The molecular formula is C36H44FN7O3S2. The average Bonchev–Trinajstić information content (AvgIpc) is 3.70. The van der Waals surface area contributed by atoms with Crippen LogP contribution in [0, 0.1) is 17.1 Å². The number of benzene rings is 2. The molecule has 1 amide bonds. The van der Waals surface area contributed by atoms with Crippen molar-refractivity contribution in [1.82, 2.24) is 24.8 Å². The van der Waals surface area contributed by atoms with Gasteiger partial charge < -0.3 is 25.1 Å². The second kappa shape index (κ2) is 15.8. The number of nitrogens with two attached hydrogens (primary N) is 1. The molecule has 0 radical (unpaired) electrons. The highest BCUT2D eigenvalue weighted by molar-refractivity contribution is 7.98. The Balaban J connectivity index is 1.23. The van der Waals surface area contributed by atoms with Crippen LogP contribution in [-0.4, -0.2) is 74.7 Å². The van der Waals surface area contributed by atoms with E-state index < -0.39 is 17.0 Å². The van der Waals surface area contributed by atoms with Gasteiger partial charge in [-0.05, 0) is 76.3 Å². The Morgan fingerprint density at radius 2 is 2.04 bits per heavy atom. The van der Waals surface area contributed by atoms with Gasteiger partial charge in [-0.2, -0.15) is 17.0 Å². The number of halogens is 1. The fraction of sp³-hybridized carbons (Fsp3) is 0.444. The number of nitriles is 1. The second-order valence-electron chi connectivity index (χ2n) is 13.4. The lowest BCUT2D eigenvalue weighted by Crippen LogP contribution is -2.49. The van der Waals surface area contributed by atoms with Gasteiger partial charge in [-0.1, -0.05) is 23.5 Å². The number of thiazole rings is 1. The van der Waals surface area contributed by atoms with E-state index in [9.17, 15) is 9.18 Å². The summed E-state index contributed by atoms with van der Waals surface area (Å²) >= 11 is 3.22.